The van der Waals surface area contributed by atoms with Gasteiger partial charge >= 0.3 is 0 Å². The summed E-state index contributed by atoms with van der Waals surface area (Å²) in [6, 6.07) is 43.2. The summed E-state index contributed by atoms with van der Waals surface area (Å²) in [6.07, 6.45) is 7.02. The van der Waals surface area contributed by atoms with Gasteiger partial charge in [-0.3, -0.25) is 4.98 Å². The van der Waals surface area contributed by atoms with E-state index in [1.54, 1.807) is 12.1 Å². The first kappa shape index (κ1) is 27.9. The summed E-state index contributed by atoms with van der Waals surface area (Å²) in [5, 5.41) is 4.49. The second-order valence-electron chi connectivity index (χ2n) is 12.5. The molecule has 5 heteroatoms. The van der Waals surface area contributed by atoms with E-state index >= 15 is 0 Å². The molecule has 0 aliphatic carbocycles. The molecule has 0 aliphatic heterocycles. The fourth-order valence-corrected chi connectivity index (χ4v) is 6.47. The van der Waals surface area contributed by atoms with Crippen LogP contribution in [0.5, 0.6) is 0 Å². The van der Waals surface area contributed by atoms with E-state index in [0.29, 0.717) is 11.3 Å². The van der Waals surface area contributed by atoms with Crippen LogP contribution < -0.4 is 0 Å². The molecule has 9 rings (SSSR count). The summed E-state index contributed by atoms with van der Waals surface area (Å²) < 4.78 is 50.4. The number of aromatic nitrogens is 3. The number of fused-ring (bicyclic) bond motifs is 4. The quantitative estimate of drug-likeness (QED) is 0.166. The van der Waals surface area contributed by atoms with Crippen LogP contribution in [0.3, 0.4) is 0 Å². The second-order valence-corrected chi connectivity index (χ2v) is 12.5. The molecule has 52 heavy (non-hydrogen) atoms. The Balaban J connectivity index is 0.000000208. The minimum atomic E-state index is -2.18. The molecule has 4 aromatic heterocycles. The number of rotatable bonds is 4. The van der Waals surface area contributed by atoms with Gasteiger partial charge in [0.2, 0.25) is 0 Å². The molecule has 0 saturated carbocycles. The normalized spacial score (nSPS) is 13.1. The van der Waals surface area contributed by atoms with E-state index < -0.39 is 13.7 Å². The summed E-state index contributed by atoms with van der Waals surface area (Å²) in [6.45, 7) is -0.101. The van der Waals surface area contributed by atoms with Gasteiger partial charge in [0.25, 0.3) is 0 Å². The molecule has 1 radical (unpaired) electrons. The Kier molecular flexibility index (Phi) is 7.97. The van der Waals surface area contributed by atoms with Crippen LogP contribution in [-0.2, 0) is 20.1 Å². The number of pyridine rings is 3. The first-order valence-corrected chi connectivity index (χ1v) is 16.6. The molecule has 5 aromatic carbocycles. The van der Waals surface area contributed by atoms with Crippen molar-refractivity contribution in [3.63, 3.8) is 0 Å². The Bertz CT molecular complexity index is 2830. The van der Waals surface area contributed by atoms with Gasteiger partial charge in [0.05, 0.1) is 5.58 Å². The molecule has 255 valence electrons. The second kappa shape index (κ2) is 14.9. The Morgan fingerprint density at radius 1 is 0.596 bits per heavy atom. The summed E-state index contributed by atoms with van der Waals surface area (Å²) in [7, 11) is 0. The summed E-state index contributed by atoms with van der Waals surface area (Å²) >= 11 is 0. The van der Waals surface area contributed by atoms with Crippen molar-refractivity contribution < 1.29 is 32.7 Å². The molecule has 0 unspecified atom stereocenters. The SMILES string of the molecule is Cc1cc(-c2cccc3c(C)cncc23)c2oc3c(-c4cc(-c5ccccc5)ccn4)[c-]ccc3c2c1.[2H]C([2H])([2H])c1c[c-]c(-c2ccc(C([2H])([2H])[2H])cn2)cc1.[Ir]. The first-order valence-electron chi connectivity index (χ1n) is 19.6. The van der Waals surface area contributed by atoms with Gasteiger partial charge in [0.15, 0.2) is 0 Å². The maximum atomic E-state index is 7.28. The molecule has 0 spiro atoms. The van der Waals surface area contributed by atoms with E-state index in [2.05, 4.69) is 103 Å². The zero-order chi connectivity index (χ0) is 39.9. The Hall–Kier alpha value is -5.74. The molecule has 0 aliphatic rings. The van der Waals surface area contributed by atoms with Gasteiger partial charge in [0, 0.05) is 69.5 Å². The maximum Gasteiger partial charge on any atom is 0.128 e. The molecule has 9 aromatic rings. The van der Waals surface area contributed by atoms with Crippen molar-refractivity contribution in [2.24, 2.45) is 0 Å². The third-order valence-electron chi connectivity index (χ3n) is 8.95. The van der Waals surface area contributed by atoms with Crippen molar-refractivity contribution in [2.45, 2.75) is 27.6 Å². The summed E-state index contributed by atoms with van der Waals surface area (Å²) in [5.41, 5.74) is 11.7. The summed E-state index contributed by atoms with van der Waals surface area (Å²) in [5.74, 6) is 0. The minimum Gasteiger partial charge on any atom is -0.500 e. The maximum absolute atomic E-state index is 7.28. The van der Waals surface area contributed by atoms with Gasteiger partial charge in [-0.25, -0.2) is 0 Å². The average Bonchev–Trinajstić information content (AvgIpc) is 3.59. The van der Waals surface area contributed by atoms with E-state index in [1.165, 1.54) is 35.3 Å². The van der Waals surface area contributed by atoms with Gasteiger partial charge in [-0.2, -0.15) is 0 Å². The third-order valence-corrected chi connectivity index (χ3v) is 8.95. The molecule has 0 saturated heterocycles. The monoisotopic (exact) mass is 856 g/mol. The van der Waals surface area contributed by atoms with E-state index in [-0.39, 0.29) is 31.2 Å². The smallest absolute Gasteiger partial charge is 0.128 e. The predicted molar refractivity (Wildman–Crippen MR) is 209 cm³/mol. The molecular weight excluding hydrogens is 815 g/mol. The molecule has 4 nitrogen and oxygen atoms in total. The Morgan fingerprint density at radius 2 is 1.46 bits per heavy atom. The van der Waals surface area contributed by atoms with Crippen molar-refractivity contribution >= 4 is 32.7 Å². The van der Waals surface area contributed by atoms with Crippen molar-refractivity contribution in [2.75, 3.05) is 0 Å². The standard InChI is InChI=1S/C34H23N2O.C13H12N.Ir/c1-21-16-29(26-11-6-10-25-22(2)19-35-20-31(25)26)34-30(17-21)27-12-7-13-28(33(27)37-34)32-18-24(14-15-36-32)23-8-4-3-5-9-23;1-10-3-6-12(7-4-10)13-8-5-11(2)9-14-13;/h3-12,14-20H,1-2H3;3-6,8-9H,1-2H3;/q2*-1;/i;1D3,2D3;. The first-order chi connectivity index (χ1) is 27.3. The molecule has 0 fully saturated rings. The molecule has 4 heterocycles. The summed E-state index contributed by atoms with van der Waals surface area (Å²) in [4.78, 5) is 13.3. The van der Waals surface area contributed by atoms with Crippen LogP contribution in [0, 0.1) is 39.7 Å². The van der Waals surface area contributed by atoms with E-state index in [9.17, 15) is 0 Å². The number of hydrogen-bond donors (Lipinski definition) is 0. The van der Waals surface area contributed by atoms with Crippen LogP contribution in [0.4, 0.5) is 0 Å². The topological polar surface area (TPSA) is 51.8 Å². The third kappa shape index (κ3) is 6.81. The van der Waals surface area contributed by atoms with Crippen molar-refractivity contribution in [1.82, 2.24) is 15.0 Å². The van der Waals surface area contributed by atoms with Gasteiger partial charge in [-0.1, -0.05) is 84.5 Å². The number of hydrogen-bond acceptors (Lipinski definition) is 4. The van der Waals surface area contributed by atoms with Gasteiger partial charge in [-0.05, 0) is 89.1 Å². The van der Waals surface area contributed by atoms with Crippen LogP contribution in [0.15, 0.2) is 144 Å². The fourth-order valence-electron chi connectivity index (χ4n) is 6.47. The molecule has 0 N–H and O–H groups in total. The average molecular weight is 856 g/mol. The van der Waals surface area contributed by atoms with E-state index in [4.69, 9.17) is 17.6 Å². The van der Waals surface area contributed by atoms with Crippen molar-refractivity contribution in [1.29, 1.82) is 0 Å². The largest absolute Gasteiger partial charge is 0.500 e. The number of furan rings is 1. The molecule has 0 bridgehead atoms. The van der Waals surface area contributed by atoms with Crippen LogP contribution >= 0.6 is 0 Å². The van der Waals surface area contributed by atoms with Gasteiger partial charge in [-0.15, -0.1) is 53.6 Å². The molecular formula is C47H35IrN3O-2. The zero-order valence-corrected chi connectivity index (χ0v) is 30.8. The minimum absolute atomic E-state index is 0. The van der Waals surface area contributed by atoms with Crippen LogP contribution in [0.25, 0.3) is 77.5 Å². The number of nitrogens with zero attached hydrogens (tertiary/aromatic N) is 3. The molecule has 0 atom stereocenters. The fraction of sp³-hybridized carbons (Fsp3) is 0.0851. The zero-order valence-electron chi connectivity index (χ0n) is 34.4. The van der Waals surface area contributed by atoms with Crippen LogP contribution in [-0.4, -0.2) is 15.0 Å². The Labute approximate surface area is 326 Å². The number of aryl methyl sites for hydroxylation is 4. The van der Waals surface area contributed by atoms with Crippen molar-refractivity contribution in [3.8, 4) is 44.8 Å². The Morgan fingerprint density at radius 3 is 2.25 bits per heavy atom. The van der Waals surface area contributed by atoms with E-state index in [0.717, 1.165) is 66.4 Å². The van der Waals surface area contributed by atoms with Crippen LogP contribution in [0.2, 0.25) is 0 Å². The number of benzene rings is 5. The van der Waals surface area contributed by atoms with Crippen molar-refractivity contribution in [3.05, 3.63) is 174 Å². The predicted octanol–water partition coefficient (Wildman–Crippen LogP) is 12.1. The van der Waals surface area contributed by atoms with Gasteiger partial charge < -0.3 is 14.4 Å². The molecule has 0 amide bonds. The van der Waals surface area contributed by atoms with E-state index in [1.807, 2.05) is 36.8 Å². The van der Waals surface area contributed by atoms with Crippen LogP contribution in [0.1, 0.15) is 30.5 Å². The van der Waals surface area contributed by atoms with Gasteiger partial charge in [0.1, 0.15) is 5.58 Å².